The van der Waals surface area contributed by atoms with Gasteiger partial charge in [-0.15, -0.1) is 0 Å². The molecule has 0 radical (unpaired) electrons. The Balaban J connectivity index is 1.80. The average molecular weight is 377 g/mol. The first-order valence-corrected chi connectivity index (χ1v) is 9.51. The zero-order chi connectivity index (χ0) is 19.7. The Bertz CT molecular complexity index is 988. The van der Waals surface area contributed by atoms with Gasteiger partial charge in [-0.3, -0.25) is 0 Å². The summed E-state index contributed by atoms with van der Waals surface area (Å²) in [6.45, 7) is 3.65. The summed E-state index contributed by atoms with van der Waals surface area (Å²) in [6, 6.07) is 15.7. The third-order valence-electron chi connectivity index (χ3n) is 5.44. The van der Waals surface area contributed by atoms with Crippen LogP contribution in [0.3, 0.4) is 0 Å². The van der Waals surface area contributed by atoms with E-state index in [0.29, 0.717) is 11.3 Å². The van der Waals surface area contributed by atoms with Crippen molar-refractivity contribution >= 4 is 0 Å². The lowest BCUT2D eigenvalue weighted by molar-refractivity contribution is 0.327. The van der Waals surface area contributed by atoms with Crippen LogP contribution in [-0.2, 0) is 6.54 Å². The van der Waals surface area contributed by atoms with E-state index in [9.17, 15) is 0 Å². The van der Waals surface area contributed by atoms with E-state index in [4.69, 9.17) is 4.74 Å². The molecule has 0 saturated heterocycles. The Morgan fingerprint density at radius 2 is 1.93 bits per heavy atom. The van der Waals surface area contributed by atoms with Gasteiger partial charge in [0.15, 0.2) is 11.6 Å². The lowest BCUT2D eigenvalue weighted by Crippen LogP contribution is -2.17. The predicted octanol–water partition coefficient (Wildman–Crippen LogP) is 4.57. The summed E-state index contributed by atoms with van der Waals surface area (Å²) in [4.78, 5) is 2.28. The van der Waals surface area contributed by atoms with Crippen LogP contribution in [0.15, 0.2) is 48.5 Å². The fraction of sp³-hybridized carbons (Fsp3) is 0.304. The zero-order valence-electron chi connectivity index (χ0n) is 16.4. The average Bonchev–Trinajstić information content (AvgIpc) is 2.86. The molecule has 5 heteroatoms. The molecule has 28 heavy (non-hydrogen) atoms. The number of methoxy groups -OCH3 is 1. The van der Waals surface area contributed by atoms with Crippen molar-refractivity contribution in [3.63, 3.8) is 0 Å². The molecular weight excluding hydrogens is 353 g/mol. The van der Waals surface area contributed by atoms with E-state index < -0.39 is 0 Å². The second-order valence-corrected chi connectivity index (χ2v) is 7.42. The summed E-state index contributed by atoms with van der Waals surface area (Å²) in [7, 11) is 3.61. The molecule has 1 aromatic heterocycles. The van der Waals surface area contributed by atoms with Crippen molar-refractivity contribution in [2.75, 3.05) is 20.7 Å². The summed E-state index contributed by atoms with van der Waals surface area (Å²) in [5.41, 5.74) is 5.84. The number of rotatable bonds is 3. The van der Waals surface area contributed by atoms with Crippen LogP contribution >= 0.6 is 0 Å². The normalized spacial score (nSPS) is 17.1. The molecule has 3 aromatic rings. The van der Waals surface area contributed by atoms with E-state index in [-0.39, 0.29) is 11.7 Å². The number of nitrogens with zero attached hydrogens (tertiary/aromatic N) is 3. The zero-order valence-corrected chi connectivity index (χ0v) is 16.4. The van der Waals surface area contributed by atoms with Gasteiger partial charge >= 0.3 is 0 Å². The van der Waals surface area contributed by atoms with E-state index in [1.165, 1.54) is 18.2 Å². The van der Waals surface area contributed by atoms with Crippen LogP contribution in [-0.4, -0.2) is 35.8 Å². The molecule has 0 aliphatic carbocycles. The number of fused-ring (bicyclic) bond motifs is 1. The minimum absolute atomic E-state index is 0.00629. The number of ether oxygens (including phenoxy) is 1. The quantitative estimate of drug-likeness (QED) is 0.670. The number of aryl methyl sites for hydroxylation is 1. The summed E-state index contributed by atoms with van der Waals surface area (Å²) < 4.78 is 20.2. The molecule has 0 saturated carbocycles. The molecule has 1 aliphatic rings. The molecule has 0 bridgehead atoms. The molecule has 0 fully saturated rings. The Kier molecular flexibility index (Phi) is 5.09. The molecule has 4 nitrogen and oxygen atoms in total. The van der Waals surface area contributed by atoms with Crippen molar-refractivity contribution < 1.29 is 9.13 Å². The van der Waals surface area contributed by atoms with E-state index >= 15 is 4.39 Å². The molecule has 0 N–H and O–H groups in total. The second kappa shape index (κ2) is 7.68. The standard InChI is InChI=1S/C23H24FN3O/c1-15-7-10-21(26-25-15)16-8-9-18-17(13-16)14-27(2)12-11-19(18)20-5-4-6-22(28-3)23(20)24/h4-10,13,19H,11-12,14H2,1-3H3. The molecular formula is C23H24FN3O. The van der Waals surface area contributed by atoms with Gasteiger partial charge in [0.05, 0.1) is 18.5 Å². The smallest absolute Gasteiger partial charge is 0.168 e. The number of hydrogen-bond acceptors (Lipinski definition) is 4. The summed E-state index contributed by atoms with van der Waals surface area (Å²) >= 11 is 0. The van der Waals surface area contributed by atoms with Crippen LogP contribution in [0.25, 0.3) is 11.3 Å². The van der Waals surface area contributed by atoms with Crippen LogP contribution in [0, 0.1) is 12.7 Å². The topological polar surface area (TPSA) is 38.2 Å². The first-order valence-electron chi connectivity index (χ1n) is 9.51. The van der Waals surface area contributed by atoms with Crippen molar-refractivity contribution in [2.45, 2.75) is 25.8 Å². The van der Waals surface area contributed by atoms with Gasteiger partial charge in [0.25, 0.3) is 0 Å². The van der Waals surface area contributed by atoms with Crippen LogP contribution in [0.1, 0.15) is 34.7 Å². The van der Waals surface area contributed by atoms with Crippen LogP contribution in [0.2, 0.25) is 0 Å². The van der Waals surface area contributed by atoms with E-state index in [0.717, 1.165) is 36.5 Å². The third kappa shape index (κ3) is 3.50. The molecule has 1 unspecified atom stereocenters. The van der Waals surface area contributed by atoms with Gasteiger partial charge in [0.1, 0.15) is 0 Å². The lowest BCUT2D eigenvalue weighted by Gasteiger charge is -2.20. The van der Waals surface area contributed by atoms with E-state index in [1.807, 2.05) is 31.2 Å². The van der Waals surface area contributed by atoms with Gasteiger partial charge in [0, 0.05) is 18.0 Å². The van der Waals surface area contributed by atoms with E-state index in [1.54, 1.807) is 6.07 Å². The molecule has 4 rings (SSSR count). The van der Waals surface area contributed by atoms with Crippen molar-refractivity contribution in [1.29, 1.82) is 0 Å². The molecule has 0 spiro atoms. The largest absolute Gasteiger partial charge is 0.494 e. The highest BCUT2D eigenvalue weighted by molar-refractivity contribution is 5.61. The SMILES string of the molecule is COc1cccc(C2CCN(C)Cc3cc(-c4ccc(C)nn4)ccc32)c1F. The van der Waals surface area contributed by atoms with Gasteiger partial charge in [-0.1, -0.05) is 24.3 Å². The number of hydrogen-bond donors (Lipinski definition) is 0. The predicted molar refractivity (Wildman–Crippen MR) is 108 cm³/mol. The molecule has 1 atom stereocenters. The minimum atomic E-state index is -0.265. The minimum Gasteiger partial charge on any atom is -0.494 e. The van der Waals surface area contributed by atoms with Crippen molar-refractivity contribution in [3.05, 3.63) is 76.7 Å². The summed E-state index contributed by atoms with van der Waals surface area (Å²) in [6.07, 6.45) is 0.858. The molecule has 2 heterocycles. The maximum absolute atomic E-state index is 15.0. The van der Waals surface area contributed by atoms with Gasteiger partial charge in [-0.25, -0.2) is 4.39 Å². The third-order valence-corrected chi connectivity index (χ3v) is 5.44. The summed E-state index contributed by atoms with van der Waals surface area (Å²) in [5, 5.41) is 8.48. The first-order chi connectivity index (χ1) is 13.6. The highest BCUT2D eigenvalue weighted by atomic mass is 19.1. The van der Waals surface area contributed by atoms with Crippen molar-refractivity contribution in [1.82, 2.24) is 15.1 Å². The Morgan fingerprint density at radius 1 is 1.07 bits per heavy atom. The lowest BCUT2D eigenvalue weighted by atomic mass is 9.85. The second-order valence-electron chi connectivity index (χ2n) is 7.42. The number of benzene rings is 2. The fourth-order valence-corrected chi connectivity index (χ4v) is 3.95. The first kappa shape index (κ1) is 18.6. The maximum Gasteiger partial charge on any atom is 0.168 e. The highest BCUT2D eigenvalue weighted by Crippen LogP contribution is 2.38. The maximum atomic E-state index is 15.0. The number of aromatic nitrogens is 2. The monoisotopic (exact) mass is 377 g/mol. The highest BCUT2D eigenvalue weighted by Gasteiger charge is 2.26. The Hall–Kier alpha value is -2.79. The molecule has 0 amide bonds. The number of halogens is 1. The fourth-order valence-electron chi connectivity index (χ4n) is 3.95. The van der Waals surface area contributed by atoms with Gasteiger partial charge in [-0.05, 0) is 67.9 Å². The van der Waals surface area contributed by atoms with Crippen LogP contribution in [0.5, 0.6) is 5.75 Å². The van der Waals surface area contributed by atoms with Crippen LogP contribution < -0.4 is 4.74 Å². The van der Waals surface area contributed by atoms with Gasteiger partial charge in [-0.2, -0.15) is 10.2 Å². The van der Waals surface area contributed by atoms with Crippen molar-refractivity contribution in [3.8, 4) is 17.0 Å². The molecule has 144 valence electrons. The van der Waals surface area contributed by atoms with Gasteiger partial charge < -0.3 is 9.64 Å². The molecule has 2 aromatic carbocycles. The van der Waals surface area contributed by atoms with Gasteiger partial charge in [0.2, 0.25) is 0 Å². The van der Waals surface area contributed by atoms with Crippen LogP contribution in [0.4, 0.5) is 4.39 Å². The molecule has 1 aliphatic heterocycles. The Labute approximate surface area is 165 Å². The van der Waals surface area contributed by atoms with E-state index in [2.05, 4.69) is 40.3 Å². The Morgan fingerprint density at radius 3 is 2.68 bits per heavy atom. The van der Waals surface area contributed by atoms with Crippen molar-refractivity contribution in [2.24, 2.45) is 0 Å². The summed E-state index contributed by atoms with van der Waals surface area (Å²) in [5.74, 6) is 0.0235.